The smallest absolute Gasteiger partial charge is 0.255 e. The van der Waals surface area contributed by atoms with Crippen LogP contribution >= 0.6 is 0 Å². The fourth-order valence-electron chi connectivity index (χ4n) is 3.91. The number of amides is 2. The quantitative estimate of drug-likeness (QED) is 0.578. The molecule has 0 radical (unpaired) electrons. The third-order valence-corrected chi connectivity index (χ3v) is 5.41. The van der Waals surface area contributed by atoms with Crippen LogP contribution in [0.3, 0.4) is 0 Å². The molecule has 2 amide bonds. The van der Waals surface area contributed by atoms with E-state index in [1.807, 2.05) is 49.4 Å². The first-order valence-corrected chi connectivity index (χ1v) is 10.5. The molecular formula is C25H25N3O4. The summed E-state index contributed by atoms with van der Waals surface area (Å²) in [4.78, 5) is 32.0. The van der Waals surface area contributed by atoms with Crippen LogP contribution in [0.2, 0.25) is 0 Å². The maximum Gasteiger partial charge on any atom is 0.255 e. The Morgan fingerprint density at radius 1 is 1.12 bits per heavy atom. The number of anilines is 1. The van der Waals surface area contributed by atoms with E-state index in [0.717, 1.165) is 11.1 Å². The Bertz CT molecular complexity index is 1120. The lowest BCUT2D eigenvalue weighted by atomic mass is 10.0. The summed E-state index contributed by atoms with van der Waals surface area (Å²) in [5.74, 6) is 1.32. The minimum Gasteiger partial charge on any atom is -0.493 e. The van der Waals surface area contributed by atoms with Gasteiger partial charge in [-0.3, -0.25) is 9.59 Å². The summed E-state index contributed by atoms with van der Waals surface area (Å²) in [6.07, 6.45) is 1.69. The molecule has 1 aliphatic heterocycles. The number of ether oxygens (including phenoxy) is 2. The van der Waals surface area contributed by atoms with Crippen molar-refractivity contribution >= 4 is 17.6 Å². The van der Waals surface area contributed by atoms with Gasteiger partial charge in [-0.25, -0.2) is 4.98 Å². The van der Waals surface area contributed by atoms with Crippen LogP contribution in [0, 0.1) is 0 Å². The Hall–Kier alpha value is -3.87. The monoisotopic (exact) mass is 431 g/mol. The van der Waals surface area contributed by atoms with Crippen LogP contribution in [0.15, 0.2) is 66.9 Å². The van der Waals surface area contributed by atoms with Gasteiger partial charge in [-0.1, -0.05) is 30.3 Å². The van der Waals surface area contributed by atoms with Crippen LogP contribution < -0.4 is 14.8 Å². The number of pyridine rings is 1. The second-order valence-corrected chi connectivity index (χ2v) is 7.42. The summed E-state index contributed by atoms with van der Waals surface area (Å²) < 4.78 is 11.1. The van der Waals surface area contributed by atoms with Crippen molar-refractivity contribution in [2.24, 2.45) is 0 Å². The zero-order valence-corrected chi connectivity index (χ0v) is 18.1. The molecule has 1 aromatic heterocycles. The lowest BCUT2D eigenvalue weighted by Gasteiger charge is -2.28. The number of fused-ring (bicyclic) bond motifs is 1. The molecule has 0 saturated heterocycles. The van der Waals surface area contributed by atoms with Gasteiger partial charge in [-0.05, 0) is 48.4 Å². The van der Waals surface area contributed by atoms with Gasteiger partial charge in [0.15, 0.2) is 11.5 Å². The third kappa shape index (κ3) is 4.42. The van der Waals surface area contributed by atoms with Crippen molar-refractivity contribution in [3.05, 3.63) is 83.6 Å². The van der Waals surface area contributed by atoms with Gasteiger partial charge in [-0.15, -0.1) is 0 Å². The van der Waals surface area contributed by atoms with Crippen molar-refractivity contribution < 1.29 is 19.1 Å². The van der Waals surface area contributed by atoms with Crippen LogP contribution in [0.1, 0.15) is 40.9 Å². The highest BCUT2D eigenvalue weighted by Gasteiger charge is 2.35. The van der Waals surface area contributed by atoms with Crippen molar-refractivity contribution in [2.45, 2.75) is 25.9 Å². The van der Waals surface area contributed by atoms with Gasteiger partial charge in [0.25, 0.3) is 5.91 Å². The van der Waals surface area contributed by atoms with E-state index in [1.165, 1.54) is 0 Å². The predicted molar refractivity (Wildman–Crippen MR) is 121 cm³/mol. The van der Waals surface area contributed by atoms with E-state index in [1.54, 1.807) is 36.4 Å². The summed E-state index contributed by atoms with van der Waals surface area (Å²) in [7, 11) is 1.57. The normalized spacial score (nSPS) is 13.4. The minimum absolute atomic E-state index is 0.0768. The first-order valence-electron chi connectivity index (χ1n) is 10.5. The molecule has 2 heterocycles. The number of nitrogens with zero attached hydrogens (tertiary/aromatic N) is 2. The van der Waals surface area contributed by atoms with E-state index < -0.39 is 6.04 Å². The van der Waals surface area contributed by atoms with Gasteiger partial charge in [-0.2, -0.15) is 0 Å². The summed E-state index contributed by atoms with van der Waals surface area (Å²) >= 11 is 0. The Kier molecular flexibility index (Phi) is 6.35. The molecule has 1 atom stereocenters. The topological polar surface area (TPSA) is 80.8 Å². The molecule has 2 aromatic carbocycles. The van der Waals surface area contributed by atoms with Crippen LogP contribution in [-0.2, 0) is 11.3 Å². The van der Waals surface area contributed by atoms with Gasteiger partial charge in [0.05, 0.1) is 26.2 Å². The Labute approximate surface area is 187 Å². The number of aromatic nitrogens is 1. The van der Waals surface area contributed by atoms with Crippen LogP contribution in [0.4, 0.5) is 5.82 Å². The van der Waals surface area contributed by atoms with Gasteiger partial charge in [0, 0.05) is 18.3 Å². The van der Waals surface area contributed by atoms with Crippen molar-refractivity contribution in [3.8, 4) is 11.5 Å². The molecule has 32 heavy (non-hydrogen) atoms. The number of carbonyl (C=O) groups is 2. The molecule has 0 aliphatic carbocycles. The molecule has 4 rings (SSSR count). The second kappa shape index (κ2) is 9.51. The zero-order valence-electron chi connectivity index (χ0n) is 18.1. The molecular weight excluding hydrogens is 406 g/mol. The van der Waals surface area contributed by atoms with Crippen molar-refractivity contribution in [1.29, 1.82) is 0 Å². The third-order valence-electron chi connectivity index (χ3n) is 5.41. The SMILES string of the molecule is CCOc1ccc([C@@H](CC(=O)Nc2ccccn2)N2Cc3ccccc3C2=O)cc1OC. The van der Waals surface area contributed by atoms with Gasteiger partial charge < -0.3 is 19.7 Å². The highest BCUT2D eigenvalue weighted by atomic mass is 16.5. The fourth-order valence-corrected chi connectivity index (χ4v) is 3.91. The molecule has 7 nitrogen and oxygen atoms in total. The van der Waals surface area contributed by atoms with Gasteiger partial charge in [0.2, 0.25) is 5.91 Å². The number of methoxy groups -OCH3 is 1. The second-order valence-electron chi connectivity index (χ2n) is 7.42. The lowest BCUT2D eigenvalue weighted by molar-refractivity contribution is -0.117. The molecule has 0 fully saturated rings. The molecule has 164 valence electrons. The Morgan fingerprint density at radius 3 is 2.66 bits per heavy atom. The molecule has 0 saturated carbocycles. The molecule has 3 aromatic rings. The van der Waals surface area contributed by atoms with E-state index in [-0.39, 0.29) is 18.2 Å². The molecule has 7 heteroatoms. The maximum atomic E-state index is 13.2. The number of hydrogen-bond donors (Lipinski definition) is 1. The molecule has 0 unspecified atom stereocenters. The summed E-state index contributed by atoms with van der Waals surface area (Å²) in [5, 5.41) is 2.82. The van der Waals surface area contributed by atoms with Crippen LogP contribution in [-0.4, -0.2) is 35.4 Å². The predicted octanol–water partition coefficient (Wildman–Crippen LogP) is 4.21. The van der Waals surface area contributed by atoms with Gasteiger partial charge >= 0.3 is 0 Å². The largest absolute Gasteiger partial charge is 0.493 e. The summed E-state index contributed by atoms with van der Waals surface area (Å²) in [6.45, 7) is 2.84. The molecule has 0 spiro atoms. The highest BCUT2D eigenvalue weighted by molar-refractivity contribution is 5.99. The first kappa shape index (κ1) is 21.4. The lowest BCUT2D eigenvalue weighted by Crippen LogP contribution is -2.32. The van der Waals surface area contributed by atoms with Crippen molar-refractivity contribution in [3.63, 3.8) is 0 Å². The van der Waals surface area contributed by atoms with Crippen LogP contribution in [0.25, 0.3) is 0 Å². The molecule has 1 N–H and O–H groups in total. The minimum atomic E-state index is -0.483. The summed E-state index contributed by atoms with van der Waals surface area (Å²) in [6, 6.07) is 17.9. The van der Waals surface area contributed by atoms with Crippen molar-refractivity contribution in [1.82, 2.24) is 9.88 Å². The van der Waals surface area contributed by atoms with E-state index in [4.69, 9.17) is 9.47 Å². The van der Waals surface area contributed by atoms with Gasteiger partial charge in [0.1, 0.15) is 5.82 Å². The van der Waals surface area contributed by atoms with E-state index >= 15 is 0 Å². The number of rotatable bonds is 8. The first-order chi connectivity index (χ1) is 15.6. The zero-order chi connectivity index (χ0) is 22.5. The average molecular weight is 431 g/mol. The number of benzene rings is 2. The maximum absolute atomic E-state index is 13.2. The van der Waals surface area contributed by atoms with Crippen molar-refractivity contribution in [2.75, 3.05) is 19.0 Å². The number of nitrogens with one attached hydrogen (secondary N) is 1. The fraction of sp³-hybridized carbons (Fsp3) is 0.240. The number of carbonyl (C=O) groups excluding carboxylic acids is 2. The van der Waals surface area contributed by atoms with E-state index in [0.29, 0.717) is 36.0 Å². The average Bonchev–Trinajstić information content (AvgIpc) is 3.15. The summed E-state index contributed by atoms with van der Waals surface area (Å²) in [5.41, 5.74) is 2.41. The Morgan fingerprint density at radius 2 is 1.94 bits per heavy atom. The Balaban J connectivity index is 1.66. The molecule has 0 bridgehead atoms. The van der Waals surface area contributed by atoms with E-state index in [2.05, 4.69) is 10.3 Å². The van der Waals surface area contributed by atoms with E-state index in [9.17, 15) is 9.59 Å². The standard InChI is InChI=1S/C25H25N3O4/c1-3-32-21-12-11-17(14-22(21)31-2)20(15-24(29)27-23-10-6-7-13-26-23)28-16-18-8-4-5-9-19(18)25(28)30/h4-14,20H,3,15-16H2,1-2H3,(H,26,27,29)/t20-/m1/s1. The number of hydrogen-bond acceptors (Lipinski definition) is 5. The molecule has 1 aliphatic rings. The highest BCUT2D eigenvalue weighted by Crippen LogP contribution is 2.37. The van der Waals surface area contributed by atoms with Crippen LogP contribution in [0.5, 0.6) is 11.5 Å².